The largest absolute Gasteiger partial charge is 0.494 e. The van der Waals surface area contributed by atoms with Crippen molar-refractivity contribution >= 4 is 16.6 Å². The molecule has 2 nitrogen and oxygen atoms in total. The zero-order chi connectivity index (χ0) is 25.6. The SMILES string of the molecule is CCCCCCCCCCOc1ccc2cc(CCc3ccc(C(=O)C[C@H](C)CC)cc3)ccc2c1. The molecule has 0 spiro atoms. The Bertz CT molecular complexity index is 1050. The molecular weight excluding hydrogens is 440 g/mol. The molecule has 36 heavy (non-hydrogen) atoms. The number of unbranched alkanes of at least 4 members (excludes halogenated alkanes) is 7. The van der Waals surface area contributed by atoms with Crippen molar-refractivity contribution in [1.29, 1.82) is 0 Å². The zero-order valence-electron chi connectivity index (χ0n) is 22.9. The summed E-state index contributed by atoms with van der Waals surface area (Å²) >= 11 is 0. The van der Waals surface area contributed by atoms with Gasteiger partial charge in [-0.15, -0.1) is 0 Å². The summed E-state index contributed by atoms with van der Waals surface area (Å²) in [7, 11) is 0. The molecule has 0 aliphatic rings. The fourth-order valence-corrected chi connectivity index (χ4v) is 4.67. The Balaban J connectivity index is 1.42. The van der Waals surface area contributed by atoms with Crippen LogP contribution in [0.2, 0.25) is 0 Å². The van der Waals surface area contributed by atoms with E-state index in [2.05, 4.69) is 69.3 Å². The van der Waals surface area contributed by atoms with E-state index < -0.39 is 0 Å². The highest BCUT2D eigenvalue weighted by Crippen LogP contribution is 2.23. The minimum atomic E-state index is 0.256. The first-order chi connectivity index (χ1) is 17.6. The molecule has 0 bridgehead atoms. The van der Waals surface area contributed by atoms with Crippen molar-refractivity contribution in [2.45, 2.75) is 97.8 Å². The smallest absolute Gasteiger partial charge is 0.163 e. The minimum absolute atomic E-state index is 0.256. The first kappa shape index (κ1) is 28.0. The zero-order valence-corrected chi connectivity index (χ0v) is 22.9. The molecule has 0 aliphatic carbocycles. The fourth-order valence-electron chi connectivity index (χ4n) is 4.67. The van der Waals surface area contributed by atoms with Crippen LogP contribution in [-0.2, 0) is 12.8 Å². The first-order valence-electron chi connectivity index (χ1n) is 14.4. The number of hydrogen-bond acceptors (Lipinski definition) is 2. The maximum Gasteiger partial charge on any atom is 0.163 e. The highest BCUT2D eigenvalue weighted by molar-refractivity contribution is 5.96. The van der Waals surface area contributed by atoms with Crippen molar-refractivity contribution in [3.05, 3.63) is 77.4 Å². The normalized spacial score (nSPS) is 12.1. The van der Waals surface area contributed by atoms with E-state index in [9.17, 15) is 4.79 Å². The third kappa shape index (κ3) is 9.45. The number of ether oxygens (including phenoxy) is 1. The molecule has 0 fully saturated rings. The third-order valence-corrected chi connectivity index (χ3v) is 7.35. The molecule has 0 heterocycles. The lowest BCUT2D eigenvalue weighted by molar-refractivity contribution is 0.0963. The van der Waals surface area contributed by atoms with Crippen LogP contribution in [0.1, 0.15) is 106 Å². The van der Waals surface area contributed by atoms with E-state index in [1.54, 1.807) is 0 Å². The highest BCUT2D eigenvalue weighted by atomic mass is 16.5. The lowest BCUT2D eigenvalue weighted by Crippen LogP contribution is -2.05. The summed E-state index contributed by atoms with van der Waals surface area (Å²) in [6.07, 6.45) is 14.2. The summed E-state index contributed by atoms with van der Waals surface area (Å²) in [5.74, 6) is 1.68. The maximum atomic E-state index is 12.4. The quantitative estimate of drug-likeness (QED) is 0.140. The van der Waals surface area contributed by atoms with Gasteiger partial charge in [-0.1, -0.05) is 121 Å². The Morgan fingerprint density at radius 3 is 2.06 bits per heavy atom. The van der Waals surface area contributed by atoms with Crippen LogP contribution < -0.4 is 4.74 Å². The standard InChI is InChI=1S/C34H46O2/c1-4-6-7-8-9-10-11-12-23-36-33-22-21-31-25-29(17-20-32(31)26-33)14-13-28-15-18-30(19-16-28)34(35)24-27(3)5-2/h15-22,25-27H,4-14,23-24H2,1-3H3/t27-/m1/s1. The van der Waals surface area contributed by atoms with Crippen LogP contribution in [0.5, 0.6) is 5.75 Å². The van der Waals surface area contributed by atoms with Gasteiger partial charge in [0.25, 0.3) is 0 Å². The van der Waals surface area contributed by atoms with Gasteiger partial charge in [0.1, 0.15) is 5.75 Å². The Hall–Kier alpha value is -2.61. The van der Waals surface area contributed by atoms with Crippen LogP contribution in [0, 0.1) is 5.92 Å². The molecule has 0 unspecified atom stereocenters. The number of carbonyl (C=O) groups excluding carboxylic acids is 1. The molecule has 1 atom stereocenters. The van der Waals surface area contributed by atoms with Crippen molar-refractivity contribution in [2.75, 3.05) is 6.61 Å². The third-order valence-electron chi connectivity index (χ3n) is 7.35. The van der Waals surface area contributed by atoms with E-state index in [-0.39, 0.29) is 5.78 Å². The van der Waals surface area contributed by atoms with Gasteiger partial charge in [0, 0.05) is 12.0 Å². The summed E-state index contributed by atoms with van der Waals surface area (Å²) in [4.78, 5) is 12.4. The number of fused-ring (bicyclic) bond motifs is 1. The topological polar surface area (TPSA) is 26.3 Å². The molecule has 0 amide bonds. The van der Waals surface area contributed by atoms with E-state index in [1.807, 2.05) is 12.1 Å². The van der Waals surface area contributed by atoms with Crippen molar-refractivity contribution < 1.29 is 9.53 Å². The van der Waals surface area contributed by atoms with Gasteiger partial charge in [0.2, 0.25) is 0 Å². The molecule has 194 valence electrons. The summed E-state index contributed by atoms with van der Waals surface area (Å²) in [5.41, 5.74) is 3.46. The van der Waals surface area contributed by atoms with E-state index in [4.69, 9.17) is 4.74 Å². The lowest BCUT2D eigenvalue weighted by Gasteiger charge is -2.09. The number of benzene rings is 3. The van der Waals surface area contributed by atoms with Crippen LogP contribution in [-0.4, -0.2) is 12.4 Å². The van der Waals surface area contributed by atoms with Crippen molar-refractivity contribution in [3.8, 4) is 5.75 Å². The highest BCUT2D eigenvalue weighted by Gasteiger charge is 2.10. The Morgan fingerprint density at radius 1 is 0.722 bits per heavy atom. The van der Waals surface area contributed by atoms with Crippen LogP contribution in [0.4, 0.5) is 0 Å². The van der Waals surface area contributed by atoms with E-state index in [0.29, 0.717) is 12.3 Å². The van der Waals surface area contributed by atoms with Gasteiger partial charge in [-0.3, -0.25) is 4.79 Å². The predicted octanol–water partition coefficient (Wildman–Crippen LogP) is 9.76. The van der Waals surface area contributed by atoms with Crippen LogP contribution in [0.15, 0.2) is 60.7 Å². The summed E-state index contributed by atoms with van der Waals surface area (Å²) in [6, 6.07) is 21.4. The molecule has 0 radical (unpaired) electrons. The van der Waals surface area contributed by atoms with Crippen LogP contribution >= 0.6 is 0 Å². The van der Waals surface area contributed by atoms with E-state index >= 15 is 0 Å². The number of aryl methyl sites for hydroxylation is 2. The fraction of sp³-hybridized carbons (Fsp3) is 0.500. The van der Waals surface area contributed by atoms with E-state index in [1.165, 1.54) is 66.8 Å². The summed E-state index contributed by atoms with van der Waals surface area (Å²) < 4.78 is 6.02. The van der Waals surface area contributed by atoms with E-state index in [0.717, 1.165) is 43.6 Å². The average molecular weight is 487 g/mol. The van der Waals surface area contributed by atoms with Crippen molar-refractivity contribution in [2.24, 2.45) is 5.92 Å². The maximum absolute atomic E-state index is 12.4. The van der Waals surface area contributed by atoms with Gasteiger partial charge in [0.05, 0.1) is 6.61 Å². The Morgan fingerprint density at radius 2 is 1.33 bits per heavy atom. The second-order valence-electron chi connectivity index (χ2n) is 10.5. The molecule has 0 aliphatic heterocycles. The molecule has 0 aromatic heterocycles. The number of carbonyl (C=O) groups is 1. The van der Waals surface area contributed by atoms with Crippen molar-refractivity contribution in [1.82, 2.24) is 0 Å². The van der Waals surface area contributed by atoms with Crippen LogP contribution in [0.3, 0.4) is 0 Å². The van der Waals surface area contributed by atoms with Crippen LogP contribution in [0.25, 0.3) is 10.8 Å². The molecule has 0 saturated carbocycles. The molecule has 3 rings (SSSR count). The molecule has 0 N–H and O–H groups in total. The van der Waals surface area contributed by atoms with Gasteiger partial charge in [-0.25, -0.2) is 0 Å². The monoisotopic (exact) mass is 486 g/mol. The minimum Gasteiger partial charge on any atom is -0.494 e. The molecule has 2 heteroatoms. The summed E-state index contributed by atoms with van der Waals surface area (Å²) in [6.45, 7) is 7.35. The number of rotatable bonds is 17. The van der Waals surface area contributed by atoms with Gasteiger partial charge in [-0.05, 0) is 59.2 Å². The van der Waals surface area contributed by atoms with Gasteiger partial charge in [-0.2, -0.15) is 0 Å². The molecule has 3 aromatic carbocycles. The molecule has 3 aromatic rings. The Kier molecular flexibility index (Phi) is 12.0. The van der Waals surface area contributed by atoms with Gasteiger partial charge >= 0.3 is 0 Å². The number of ketones is 1. The second kappa shape index (κ2) is 15.5. The average Bonchev–Trinajstić information content (AvgIpc) is 2.91. The van der Waals surface area contributed by atoms with Gasteiger partial charge in [0.15, 0.2) is 5.78 Å². The summed E-state index contributed by atoms with van der Waals surface area (Å²) in [5, 5.41) is 2.49. The second-order valence-corrected chi connectivity index (χ2v) is 10.5. The number of hydrogen-bond donors (Lipinski definition) is 0. The Labute approximate surface area is 219 Å². The van der Waals surface area contributed by atoms with Gasteiger partial charge < -0.3 is 4.74 Å². The van der Waals surface area contributed by atoms with Crippen molar-refractivity contribution in [3.63, 3.8) is 0 Å². The predicted molar refractivity (Wildman–Crippen MR) is 154 cm³/mol. The first-order valence-corrected chi connectivity index (χ1v) is 14.4. The lowest BCUT2D eigenvalue weighted by atomic mass is 9.96. The molecular formula is C34H46O2. The molecule has 0 saturated heterocycles. The number of Topliss-reactive ketones (excluding diaryl/α,β-unsaturated/α-hetero) is 1.